The molecular formula is C16H22ClNO4. The van der Waals surface area contributed by atoms with Gasteiger partial charge in [0.15, 0.2) is 0 Å². The normalized spacial score (nSPS) is 11.9. The highest BCUT2D eigenvalue weighted by Crippen LogP contribution is 2.25. The van der Waals surface area contributed by atoms with Crippen LogP contribution < -0.4 is 10.1 Å². The fraction of sp³-hybridized carbons (Fsp3) is 0.500. The SMILES string of the molecule is COC(=O)[C@H](Cc1ccc(OC)c(Cl)c1)NC(=O)CC(C)C. The van der Waals surface area contributed by atoms with Crippen LogP contribution in [0, 0.1) is 5.92 Å². The first-order valence-electron chi connectivity index (χ1n) is 7.07. The van der Waals surface area contributed by atoms with Crippen LogP contribution in [-0.2, 0) is 20.7 Å². The van der Waals surface area contributed by atoms with Gasteiger partial charge in [0, 0.05) is 12.8 Å². The lowest BCUT2D eigenvalue weighted by Crippen LogP contribution is -2.43. The minimum absolute atomic E-state index is 0.176. The van der Waals surface area contributed by atoms with Crippen LogP contribution in [0.1, 0.15) is 25.8 Å². The van der Waals surface area contributed by atoms with Crippen molar-refractivity contribution in [3.8, 4) is 5.75 Å². The molecule has 0 aliphatic rings. The highest BCUT2D eigenvalue weighted by Gasteiger charge is 2.22. The van der Waals surface area contributed by atoms with Gasteiger partial charge >= 0.3 is 5.97 Å². The molecule has 0 unspecified atom stereocenters. The van der Waals surface area contributed by atoms with Crippen molar-refractivity contribution in [2.24, 2.45) is 5.92 Å². The summed E-state index contributed by atoms with van der Waals surface area (Å²) < 4.78 is 9.84. The van der Waals surface area contributed by atoms with Gasteiger partial charge in [0.05, 0.1) is 19.2 Å². The summed E-state index contributed by atoms with van der Waals surface area (Å²) in [4.78, 5) is 23.7. The van der Waals surface area contributed by atoms with Gasteiger partial charge in [-0.2, -0.15) is 0 Å². The molecule has 0 saturated carbocycles. The molecule has 5 nitrogen and oxygen atoms in total. The monoisotopic (exact) mass is 327 g/mol. The van der Waals surface area contributed by atoms with E-state index in [1.165, 1.54) is 14.2 Å². The van der Waals surface area contributed by atoms with E-state index in [0.717, 1.165) is 5.56 Å². The van der Waals surface area contributed by atoms with Gasteiger partial charge in [-0.1, -0.05) is 31.5 Å². The molecule has 0 saturated heterocycles. The Morgan fingerprint density at radius 2 is 1.95 bits per heavy atom. The third-order valence-electron chi connectivity index (χ3n) is 3.07. The van der Waals surface area contributed by atoms with E-state index in [-0.39, 0.29) is 11.8 Å². The van der Waals surface area contributed by atoms with Crippen molar-refractivity contribution >= 4 is 23.5 Å². The van der Waals surface area contributed by atoms with Crippen molar-refractivity contribution < 1.29 is 19.1 Å². The summed E-state index contributed by atoms with van der Waals surface area (Å²) in [5.74, 6) is 0.117. The Balaban J connectivity index is 2.83. The van der Waals surface area contributed by atoms with Gasteiger partial charge in [-0.05, 0) is 23.6 Å². The van der Waals surface area contributed by atoms with Gasteiger partial charge in [-0.15, -0.1) is 0 Å². The summed E-state index contributed by atoms with van der Waals surface area (Å²) in [5, 5.41) is 3.16. The Morgan fingerprint density at radius 3 is 2.45 bits per heavy atom. The van der Waals surface area contributed by atoms with Gasteiger partial charge in [0.2, 0.25) is 5.91 Å². The molecule has 0 aliphatic heterocycles. The topological polar surface area (TPSA) is 64.6 Å². The number of methoxy groups -OCH3 is 2. The Kier molecular flexibility index (Phi) is 7.18. The Hall–Kier alpha value is -1.75. The molecule has 1 rings (SSSR count). The van der Waals surface area contributed by atoms with Crippen molar-refractivity contribution in [2.75, 3.05) is 14.2 Å². The van der Waals surface area contributed by atoms with Gasteiger partial charge in [0.1, 0.15) is 11.8 Å². The number of benzene rings is 1. The number of esters is 1. The lowest BCUT2D eigenvalue weighted by atomic mass is 10.0. The molecule has 0 spiro atoms. The quantitative estimate of drug-likeness (QED) is 0.782. The summed E-state index contributed by atoms with van der Waals surface area (Å²) in [6.45, 7) is 3.88. The van der Waals surface area contributed by atoms with E-state index in [2.05, 4.69) is 5.32 Å². The minimum Gasteiger partial charge on any atom is -0.495 e. The van der Waals surface area contributed by atoms with Gasteiger partial charge in [-0.25, -0.2) is 4.79 Å². The van der Waals surface area contributed by atoms with Crippen LogP contribution in [-0.4, -0.2) is 32.1 Å². The number of nitrogens with one attached hydrogen (secondary N) is 1. The zero-order valence-electron chi connectivity index (χ0n) is 13.3. The van der Waals surface area contributed by atoms with Crippen molar-refractivity contribution in [1.29, 1.82) is 0 Å². The highest BCUT2D eigenvalue weighted by atomic mass is 35.5. The number of amides is 1. The van der Waals surface area contributed by atoms with E-state index in [1.807, 2.05) is 13.8 Å². The van der Waals surface area contributed by atoms with Crippen LogP contribution >= 0.6 is 11.6 Å². The number of carbonyl (C=O) groups excluding carboxylic acids is 2. The average molecular weight is 328 g/mol. The second kappa shape index (κ2) is 8.63. The molecule has 6 heteroatoms. The summed E-state index contributed by atoms with van der Waals surface area (Å²) >= 11 is 6.07. The Bertz CT molecular complexity index is 531. The van der Waals surface area contributed by atoms with E-state index in [1.54, 1.807) is 18.2 Å². The van der Waals surface area contributed by atoms with E-state index in [9.17, 15) is 9.59 Å². The third-order valence-corrected chi connectivity index (χ3v) is 3.37. The van der Waals surface area contributed by atoms with Crippen LogP contribution in [0.25, 0.3) is 0 Å². The van der Waals surface area contributed by atoms with Crippen LogP contribution in [0.2, 0.25) is 5.02 Å². The largest absolute Gasteiger partial charge is 0.495 e. The molecule has 1 aromatic rings. The number of ether oxygens (including phenoxy) is 2. The van der Waals surface area contributed by atoms with Crippen LogP contribution in [0.15, 0.2) is 18.2 Å². The second-order valence-corrected chi connectivity index (χ2v) is 5.82. The lowest BCUT2D eigenvalue weighted by Gasteiger charge is -2.17. The predicted molar refractivity (Wildman–Crippen MR) is 85.1 cm³/mol. The smallest absolute Gasteiger partial charge is 0.328 e. The maximum atomic E-state index is 11.9. The van der Waals surface area contributed by atoms with E-state index < -0.39 is 12.0 Å². The molecule has 122 valence electrons. The first-order valence-corrected chi connectivity index (χ1v) is 7.44. The van der Waals surface area contributed by atoms with Crippen LogP contribution in [0.3, 0.4) is 0 Å². The molecular weight excluding hydrogens is 306 g/mol. The molecule has 1 amide bonds. The fourth-order valence-corrected chi connectivity index (χ4v) is 2.31. The van der Waals surface area contributed by atoms with Crippen LogP contribution in [0.5, 0.6) is 5.75 Å². The van der Waals surface area contributed by atoms with Gasteiger partial charge in [-0.3, -0.25) is 4.79 Å². The van der Waals surface area contributed by atoms with E-state index >= 15 is 0 Å². The van der Waals surface area contributed by atoms with E-state index in [0.29, 0.717) is 23.6 Å². The van der Waals surface area contributed by atoms with Crippen molar-refractivity contribution in [2.45, 2.75) is 32.7 Å². The first kappa shape index (κ1) is 18.3. The molecule has 0 heterocycles. The van der Waals surface area contributed by atoms with Crippen molar-refractivity contribution in [1.82, 2.24) is 5.32 Å². The molecule has 0 fully saturated rings. The standard InChI is InChI=1S/C16H22ClNO4/c1-10(2)7-15(19)18-13(16(20)22-4)9-11-5-6-14(21-3)12(17)8-11/h5-6,8,10,13H,7,9H2,1-4H3,(H,18,19)/t13-/m0/s1. The van der Waals surface area contributed by atoms with E-state index in [4.69, 9.17) is 21.1 Å². The highest BCUT2D eigenvalue weighted by molar-refractivity contribution is 6.32. The Labute approximate surface area is 135 Å². The molecule has 1 N–H and O–H groups in total. The number of rotatable bonds is 7. The molecule has 1 atom stereocenters. The van der Waals surface area contributed by atoms with Crippen molar-refractivity contribution in [3.63, 3.8) is 0 Å². The minimum atomic E-state index is -0.735. The summed E-state index contributed by atoms with van der Waals surface area (Å²) in [6, 6.07) is 4.50. The van der Waals surface area contributed by atoms with Gasteiger partial charge in [0.25, 0.3) is 0 Å². The molecule has 0 aliphatic carbocycles. The zero-order valence-corrected chi connectivity index (χ0v) is 14.1. The number of hydrogen-bond donors (Lipinski definition) is 1. The number of halogens is 1. The molecule has 1 aromatic carbocycles. The Morgan fingerprint density at radius 1 is 1.27 bits per heavy atom. The predicted octanol–water partition coefficient (Wildman–Crippen LogP) is 2.60. The summed E-state index contributed by atoms with van der Waals surface area (Å²) in [5.41, 5.74) is 0.811. The fourth-order valence-electron chi connectivity index (χ4n) is 2.03. The summed E-state index contributed by atoms with van der Waals surface area (Å²) in [6.07, 6.45) is 0.664. The molecule has 0 bridgehead atoms. The van der Waals surface area contributed by atoms with Crippen molar-refractivity contribution in [3.05, 3.63) is 28.8 Å². The molecule has 22 heavy (non-hydrogen) atoms. The number of hydrogen-bond acceptors (Lipinski definition) is 4. The maximum Gasteiger partial charge on any atom is 0.328 e. The van der Waals surface area contributed by atoms with Crippen LogP contribution in [0.4, 0.5) is 0 Å². The van der Waals surface area contributed by atoms with Gasteiger partial charge < -0.3 is 14.8 Å². The molecule has 0 aromatic heterocycles. The number of carbonyl (C=O) groups is 2. The third kappa shape index (κ3) is 5.56. The summed E-state index contributed by atoms with van der Waals surface area (Å²) in [7, 11) is 2.83. The molecule has 0 radical (unpaired) electrons. The first-order chi connectivity index (χ1) is 10.4. The average Bonchev–Trinajstić information content (AvgIpc) is 2.45. The second-order valence-electron chi connectivity index (χ2n) is 5.41. The maximum absolute atomic E-state index is 11.9. The zero-order chi connectivity index (χ0) is 16.7. The lowest BCUT2D eigenvalue weighted by molar-refractivity contribution is -0.145.